The molecule has 0 saturated carbocycles. The molecule has 1 heterocycles. The lowest BCUT2D eigenvalue weighted by Crippen LogP contribution is -2.21. The largest absolute Gasteiger partial charge is 0.328 e. The Morgan fingerprint density at radius 3 is 2.82 bits per heavy atom. The number of carbonyl (C=O) groups is 1. The summed E-state index contributed by atoms with van der Waals surface area (Å²) in [6.07, 6.45) is 2.59. The number of nitrogens with one attached hydrogen (secondary N) is 1. The van der Waals surface area contributed by atoms with E-state index >= 15 is 0 Å². The predicted octanol–water partition coefficient (Wildman–Crippen LogP) is 1.21. The zero-order chi connectivity index (χ0) is 13.0. The van der Waals surface area contributed by atoms with E-state index in [9.17, 15) is 9.59 Å². The molecule has 1 amide bonds. The molecular formula is C11H16BrN3O2. The van der Waals surface area contributed by atoms with E-state index in [1.807, 2.05) is 6.92 Å². The minimum atomic E-state index is -0.140. The van der Waals surface area contributed by atoms with Crippen LogP contribution in [-0.2, 0) is 11.8 Å². The summed E-state index contributed by atoms with van der Waals surface area (Å²) in [6.45, 7) is 1.86. The van der Waals surface area contributed by atoms with Crippen LogP contribution in [0.1, 0.15) is 19.8 Å². The van der Waals surface area contributed by atoms with Gasteiger partial charge in [-0.15, -0.1) is 0 Å². The number of halogens is 1. The molecular weight excluding hydrogens is 286 g/mol. The van der Waals surface area contributed by atoms with E-state index in [2.05, 4.69) is 21.2 Å². The lowest BCUT2D eigenvalue weighted by Gasteiger charge is -2.08. The quantitative estimate of drug-likeness (QED) is 0.877. The van der Waals surface area contributed by atoms with Crippen molar-refractivity contribution in [1.29, 1.82) is 0 Å². The molecule has 1 unspecified atom stereocenters. The third kappa shape index (κ3) is 4.32. The van der Waals surface area contributed by atoms with Crippen LogP contribution in [0.3, 0.4) is 0 Å². The topological polar surface area (TPSA) is 77.1 Å². The number of hydrogen-bond acceptors (Lipinski definition) is 3. The van der Waals surface area contributed by atoms with Gasteiger partial charge in [0.1, 0.15) is 0 Å². The normalized spacial score (nSPS) is 12.2. The first kappa shape index (κ1) is 13.9. The summed E-state index contributed by atoms with van der Waals surface area (Å²) in [6, 6.07) is 1.60. The summed E-state index contributed by atoms with van der Waals surface area (Å²) in [5.41, 5.74) is 6.02. The molecule has 1 atom stereocenters. The Bertz CT molecular complexity index is 442. The summed E-state index contributed by atoms with van der Waals surface area (Å²) in [5, 5.41) is 2.72. The molecule has 0 aromatic carbocycles. The first-order chi connectivity index (χ1) is 7.90. The molecule has 1 rings (SSSR count). The number of amides is 1. The molecule has 0 aliphatic heterocycles. The van der Waals surface area contributed by atoms with Gasteiger partial charge in [-0.1, -0.05) is 0 Å². The fourth-order valence-electron chi connectivity index (χ4n) is 1.32. The second-order valence-electron chi connectivity index (χ2n) is 4.06. The number of aryl methyl sites for hydroxylation is 1. The number of hydrogen-bond donors (Lipinski definition) is 2. The average molecular weight is 302 g/mol. The maximum absolute atomic E-state index is 11.6. The molecule has 3 N–H and O–H groups in total. The highest BCUT2D eigenvalue weighted by Crippen LogP contribution is 2.12. The van der Waals surface area contributed by atoms with Gasteiger partial charge in [-0.2, -0.15) is 0 Å². The smallest absolute Gasteiger partial charge is 0.264 e. The summed E-state index contributed by atoms with van der Waals surface area (Å²) in [7, 11) is 1.63. The van der Waals surface area contributed by atoms with Gasteiger partial charge in [0.2, 0.25) is 5.91 Å². The van der Waals surface area contributed by atoms with Crippen molar-refractivity contribution < 1.29 is 4.79 Å². The minimum Gasteiger partial charge on any atom is -0.328 e. The molecule has 0 spiro atoms. The van der Waals surface area contributed by atoms with Crippen LogP contribution in [0.2, 0.25) is 0 Å². The van der Waals surface area contributed by atoms with Crippen LogP contribution in [0.15, 0.2) is 21.5 Å². The van der Waals surface area contributed by atoms with Gasteiger partial charge in [0, 0.05) is 25.7 Å². The van der Waals surface area contributed by atoms with Gasteiger partial charge in [0.25, 0.3) is 5.56 Å². The lowest BCUT2D eigenvalue weighted by molar-refractivity contribution is -0.116. The van der Waals surface area contributed by atoms with Crippen LogP contribution < -0.4 is 16.6 Å². The van der Waals surface area contributed by atoms with Crippen molar-refractivity contribution in [2.24, 2.45) is 12.8 Å². The van der Waals surface area contributed by atoms with Gasteiger partial charge in [-0.05, 0) is 35.3 Å². The standard InChI is InChI=1S/C11H16BrN3O2/c1-7(13)3-4-10(16)14-8-5-9(12)11(17)15(2)6-8/h5-7H,3-4,13H2,1-2H3,(H,14,16). The van der Waals surface area contributed by atoms with Crippen molar-refractivity contribution in [2.75, 3.05) is 5.32 Å². The second kappa shape index (κ2) is 5.97. The molecule has 17 heavy (non-hydrogen) atoms. The molecule has 0 radical (unpaired) electrons. The predicted molar refractivity (Wildman–Crippen MR) is 70.9 cm³/mol. The maximum Gasteiger partial charge on any atom is 0.264 e. The Kier molecular flexibility index (Phi) is 4.89. The van der Waals surface area contributed by atoms with Crippen molar-refractivity contribution >= 4 is 27.5 Å². The number of nitrogens with zero attached hydrogens (tertiary/aromatic N) is 1. The number of nitrogens with two attached hydrogens (primary N) is 1. The summed E-state index contributed by atoms with van der Waals surface area (Å²) in [4.78, 5) is 23.0. The van der Waals surface area contributed by atoms with Crippen LogP contribution in [0.5, 0.6) is 0 Å². The number of aromatic nitrogens is 1. The summed E-state index contributed by atoms with van der Waals surface area (Å²) < 4.78 is 1.83. The molecule has 1 aromatic heterocycles. The van der Waals surface area contributed by atoms with Crippen molar-refractivity contribution in [2.45, 2.75) is 25.8 Å². The molecule has 0 bridgehead atoms. The molecule has 94 valence electrons. The SMILES string of the molecule is CC(N)CCC(=O)Nc1cc(Br)c(=O)n(C)c1. The van der Waals surface area contributed by atoms with Gasteiger partial charge in [0.05, 0.1) is 10.2 Å². The fourth-order valence-corrected chi connectivity index (χ4v) is 1.85. The van der Waals surface area contributed by atoms with E-state index in [1.54, 1.807) is 19.3 Å². The Balaban J connectivity index is 2.69. The molecule has 0 aliphatic rings. The highest BCUT2D eigenvalue weighted by Gasteiger charge is 2.06. The molecule has 0 fully saturated rings. The third-order valence-corrected chi connectivity index (χ3v) is 2.82. The Labute approximate surface area is 108 Å². The number of anilines is 1. The van der Waals surface area contributed by atoms with E-state index in [-0.39, 0.29) is 17.5 Å². The highest BCUT2D eigenvalue weighted by molar-refractivity contribution is 9.10. The van der Waals surface area contributed by atoms with Gasteiger partial charge in [-0.25, -0.2) is 0 Å². The summed E-state index contributed by atoms with van der Waals surface area (Å²) >= 11 is 3.14. The van der Waals surface area contributed by atoms with Crippen LogP contribution in [0.4, 0.5) is 5.69 Å². The summed E-state index contributed by atoms with van der Waals surface area (Å²) in [5.74, 6) is -0.104. The lowest BCUT2D eigenvalue weighted by atomic mass is 10.2. The molecule has 0 saturated heterocycles. The number of rotatable bonds is 4. The second-order valence-corrected chi connectivity index (χ2v) is 4.91. The monoisotopic (exact) mass is 301 g/mol. The number of carbonyl (C=O) groups excluding carboxylic acids is 1. The van der Waals surface area contributed by atoms with Crippen LogP contribution in [0, 0.1) is 0 Å². The Morgan fingerprint density at radius 2 is 2.29 bits per heavy atom. The van der Waals surface area contributed by atoms with Crippen LogP contribution in [0.25, 0.3) is 0 Å². The van der Waals surface area contributed by atoms with Crippen molar-refractivity contribution in [3.8, 4) is 0 Å². The van der Waals surface area contributed by atoms with E-state index < -0.39 is 0 Å². The van der Waals surface area contributed by atoms with E-state index in [0.717, 1.165) is 0 Å². The molecule has 5 nitrogen and oxygen atoms in total. The van der Waals surface area contributed by atoms with Gasteiger partial charge in [0.15, 0.2) is 0 Å². The van der Waals surface area contributed by atoms with Crippen LogP contribution >= 0.6 is 15.9 Å². The first-order valence-electron chi connectivity index (χ1n) is 5.31. The zero-order valence-electron chi connectivity index (χ0n) is 9.87. The molecule has 0 aliphatic carbocycles. The van der Waals surface area contributed by atoms with Crippen molar-refractivity contribution in [1.82, 2.24) is 4.57 Å². The zero-order valence-corrected chi connectivity index (χ0v) is 11.5. The van der Waals surface area contributed by atoms with Crippen molar-refractivity contribution in [3.05, 3.63) is 27.1 Å². The van der Waals surface area contributed by atoms with E-state index in [1.165, 1.54) is 4.57 Å². The van der Waals surface area contributed by atoms with Crippen LogP contribution in [-0.4, -0.2) is 16.5 Å². The van der Waals surface area contributed by atoms with Gasteiger partial charge < -0.3 is 15.6 Å². The van der Waals surface area contributed by atoms with E-state index in [0.29, 0.717) is 23.0 Å². The van der Waals surface area contributed by atoms with Gasteiger partial charge in [-0.3, -0.25) is 9.59 Å². The van der Waals surface area contributed by atoms with Gasteiger partial charge >= 0.3 is 0 Å². The van der Waals surface area contributed by atoms with Crippen molar-refractivity contribution in [3.63, 3.8) is 0 Å². The maximum atomic E-state index is 11.6. The number of pyridine rings is 1. The highest BCUT2D eigenvalue weighted by atomic mass is 79.9. The molecule has 6 heteroatoms. The van der Waals surface area contributed by atoms with E-state index in [4.69, 9.17) is 5.73 Å². The average Bonchev–Trinajstić information content (AvgIpc) is 2.23. The fraction of sp³-hybridized carbons (Fsp3) is 0.455. The Hall–Kier alpha value is -1.14. The first-order valence-corrected chi connectivity index (χ1v) is 6.11. The third-order valence-electron chi connectivity index (χ3n) is 2.25. The minimum absolute atomic E-state index is 0.00705. The molecule has 1 aromatic rings. The Morgan fingerprint density at radius 1 is 1.65 bits per heavy atom.